The lowest BCUT2D eigenvalue weighted by Crippen LogP contribution is -2.10. The van der Waals surface area contributed by atoms with E-state index in [9.17, 15) is 9.18 Å². The van der Waals surface area contributed by atoms with Gasteiger partial charge >= 0.3 is 0 Å². The molecule has 0 heterocycles. The molecule has 0 spiro atoms. The Morgan fingerprint density at radius 3 is 2.50 bits per heavy atom. The van der Waals surface area contributed by atoms with Crippen molar-refractivity contribution in [3.05, 3.63) is 35.6 Å². The molecule has 0 aliphatic heterocycles. The van der Waals surface area contributed by atoms with Crippen LogP contribution in [0.1, 0.15) is 18.4 Å². The average molecular weight is 191 g/mol. The molecule has 2 nitrogen and oxygen atoms in total. The number of rotatable bonds is 3. The Kier molecular flexibility index (Phi) is 2.18. The first kappa shape index (κ1) is 9.10. The van der Waals surface area contributed by atoms with E-state index >= 15 is 0 Å². The van der Waals surface area contributed by atoms with Crippen molar-refractivity contribution in [1.82, 2.24) is 0 Å². The minimum atomic E-state index is -0.233. The lowest BCUT2D eigenvalue weighted by molar-refractivity contribution is 0.559. The molecular formula is C11H10FNO. The van der Waals surface area contributed by atoms with Gasteiger partial charge in [-0.2, -0.15) is 0 Å². The van der Waals surface area contributed by atoms with Crippen LogP contribution in [0.2, 0.25) is 0 Å². The SMILES string of the molecule is O=C=NCC1(c2ccc(F)cc2)CC1. The summed E-state index contributed by atoms with van der Waals surface area (Å²) in [6, 6.07) is 6.42. The minimum absolute atomic E-state index is 0.00882. The molecule has 3 heteroatoms. The quantitative estimate of drug-likeness (QED) is 0.532. The fourth-order valence-corrected chi connectivity index (χ4v) is 1.68. The fraction of sp³-hybridized carbons (Fsp3) is 0.364. The Bertz CT molecular complexity index is 375. The lowest BCUT2D eigenvalue weighted by Gasteiger charge is -2.11. The molecule has 1 aliphatic carbocycles. The van der Waals surface area contributed by atoms with Gasteiger partial charge in [-0.3, -0.25) is 0 Å². The van der Waals surface area contributed by atoms with Crippen LogP contribution in [0.5, 0.6) is 0 Å². The Morgan fingerprint density at radius 2 is 2.00 bits per heavy atom. The van der Waals surface area contributed by atoms with Crippen LogP contribution in [0.25, 0.3) is 0 Å². The predicted molar refractivity (Wildman–Crippen MR) is 50.3 cm³/mol. The van der Waals surface area contributed by atoms with E-state index in [0.29, 0.717) is 6.54 Å². The maximum atomic E-state index is 12.7. The highest BCUT2D eigenvalue weighted by atomic mass is 19.1. The summed E-state index contributed by atoms with van der Waals surface area (Å²) in [5.74, 6) is -0.233. The summed E-state index contributed by atoms with van der Waals surface area (Å²) < 4.78 is 12.7. The van der Waals surface area contributed by atoms with Gasteiger partial charge in [0.2, 0.25) is 6.08 Å². The average Bonchev–Trinajstić information content (AvgIpc) is 2.97. The second-order valence-corrected chi connectivity index (χ2v) is 3.69. The molecule has 14 heavy (non-hydrogen) atoms. The van der Waals surface area contributed by atoms with Gasteiger partial charge in [0, 0.05) is 5.41 Å². The van der Waals surface area contributed by atoms with Gasteiger partial charge in [-0.15, -0.1) is 0 Å². The van der Waals surface area contributed by atoms with E-state index < -0.39 is 0 Å². The van der Waals surface area contributed by atoms with Gasteiger partial charge in [0.05, 0.1) is 6.54 Å². The van der Waals surface area contributed by atoms with Crippen LogP contribution in [0.4, 0.5) is 4.39 Å². The summed E-state index contributed by atoms with van der Waals surface area (Å²) in [4.78, 5) is 13.6. The number of aliphatic imine (C=N–C) groups is 1. The highest BCUT2D eigenvalue weighted by molar-refractivity contribution is 5.37. The Labute approximate surface area is 81.5 Å². The molecule has 0 bridgehead atoms. The number of isocyanates is 1. The molecule has 0 amide bonds. The van der Waals surface area contributed by atoms with Crippen molar-refractivity contribution < 1.29 is 9.18 Å². The number of halogens is 1. The highest BCUT2D eigenvalue weighted by Crippen LogP contribution is 2.48. The number of carbonyl (C=O) groups excluding carboxylic acids is 1. The number of benzene rings is 1. The van der Waals surface area contributed by atoms with Crippen LogP contribution < -0.4 is 0 Å². The molecule has 1 aromatic rings. The molecule has 0 saturated heterocycles. The molecule has 72 valence electrons. The first-order valence-corrected chi connectivity index (χ1v) is 4.56. The molecule has 0 N–H and O–H groups in total. The molecule has 2 rings (SSSR count). The molecule has 1 fully saturated rings. The third-order valence-corrected chi connectivity index (χ3v) is 2.76. The van der Waals surface area contributed by atoms with Gasteiger partial charge in [-0.05, 0) is 30.5 Å². The number of nitrogens with zero attached hydrogens (tertiary/aromatic N) is 1. The van der Waals surface area contributed by atoms with Crippen LogP contribution in [-0.4, -0.2) is 12.6 Å². The topological polar surface area (TPSA) is 29.4 Å². The zero-order chi connectivity index (χ0) is 10.0. The van der Waals surface area contributed by atoms with E-state index in [1.807, 2.05) is 0 Å². The maximum absolute atomic E-state index is 12.7. The number of hydrogen-bond donors (Lipinski definition) is 0. The molecule has 1 saturated carbocycles. The molecular weight excluding hydrogens is 181 g/mol. The molecule has 1 aliphatic rings. The fourth-order valence-electron chi connectivity index (χ4n) is 1.68. The summed E-state index contributed by atoms with van der Waals surface area (Å²) >= 11 is 0. The number of hydrogen-bond acceptors (Lipinski definition) is 2. The van der Waals surface area contributed by atoms with Gasteiger partial charge in [0.15, 0.2) is 0 Å². The van der Waals surface area contributed by atoms with Crippen LogP contribution in [0.15, 0.2) is 29.3 Å². The summed E-state index contributed by atoms with van der Waals surface area (Å²) in [5.41, 5.74) is 1.06. The molecule has 0 unspecified atom stereocenters. The van der Waals surface area contributed by atoms with Gasteiger partial charge in [-0.25, -0.2) is 14.2 Å². The molecule has 0 aromatic heterocycles. The molecule has 0 radical (unpaired) electrons. The predicted octanol–water partition coefficient (Wildman–Crippen LogP) is 2.19. The zero-order valence-electron chi connectivity index (χ0n) is 7.66. The standard InChI is InChI=1S/C11H10FNO/c12-10-3-1-9(2-4-10)11(5-6-11)7-13-8-14/h1-4H,5-7H2. The molecule has 0 atom stereocenters. The second kappa shape index (κ2) is 3.35. The van der Waals surface area contributed by atoms with Gasteiger partial charge in [0.25, 0.3) is 0 Å². The van der Waals surface area contributed by atoms with E-state index in [2.05, 4.69) is 4.99 Å². The van der Waals surface area contributed by atoms with Gasteiger partial charge in [0.1, 0.15) is 5.82 Å². The van der Waals surface area contributed by atoms with Crippen molar-refractivity contribution in [3.8, 4) is 0 Å². The Hall–Kier alpha value is -1.47. The second-order valence-electron chi connectivity index (χ2n) is 3.69. The van der Waals surface area contributed by atoms with Crippen molar-refractivity contribution in [2.75, 3.05) is 6.54 Å². The van der Waals surface area contributed by atoms with Crippen LogP contribution in [-0.2, 0) is 10.2 Å². The largest absolute Gasteiger partial charge is 0.234 e. The monoisotopic (exact) mass is 191 g/mol. The first-order valence-electron chi connectivity index (χ1n) is 4.56. The van der Waals surface area contributed by atoms with Crippen LogP contribution in [0, 0.1) is 5.82 Å². The van der Waals surface area contributed by atoms with Gasteiger partial charge < -0.3 is 0 Å². The summed E-state index contributed by atoms with van der Waals surface area (Å²) in [6.45, 7) is 0.474. The van der Waals surface area contributed by atoms with Crippen molar-refractivity contribution in [2.24, 2.45) is 4.99 Å². The van der Waals surface area contributed by atoms with E-state index in [1.54, 1.807) is 18.2 Å². The third kappa shape index (κ3) is 1.59. The van der Waals surface area contributed by atoms with Crippen molar-refractivity contribution in [1.29, 1.82) is 0 Å². The van der Waals surface area contributed by atoms with E-state index in [4.69, 9.17) is 0 Å². The van der Waals surface area contributed by atoms with E-state index in [0.717, 1.165) is 18.4 Å². The van der Waals surface area contributed by atoms with Crippen LogP contribution >= 0.6 is 0 Å². The smallest absolute Gasteiger partial charge is 0.211 e. The van der Waals surface area contributed by atoms with Crippen molar-refractivity contribution in [2.45, 2.75) is 18.3 Å². The van der Waals surface area contributed by atoms with Gasteiger partial charge in [-0.1, -0.05) is 12.1 Å². The normalized spacial score (nSPS) is 17.2. The summed E-state index contributed by atoms with van der Waals surface area (Å²) in [5, 5.41) is 0. The zero-order valence-corrected chi connectivity index (χ0v) is 7.66. The summed E-state index contributed by atoms with van der Waals surface area (Å²) in [6.07, 6.45) is 3.58. The third-order valence-electron chi connectivity index (χ3n) is 2.76. The first-order chi connectivity index (χ1) is 6.77. The maximum Gasteiger partial charge on any atom is 0.234 e. The van der Waals surface area contributed by atoms with Crippen molar-refractivity contribution >= 4 is 6.08 Å². The van der Waals surface area contributed by atoms with Crippen molar-refractivity contribution in [3.63, 3.8) is 0 Å². The Balaban J connectivity index is 2.21. The molecule has 1 aromatic carbocycles. The van der Waals surface area contributed by atoms with Crippen LogP contribution in [0.3, 0.4) is 0 Å². The minimum Gasteiger partial charge on any atom is -0.211 e. The highest BCUT2D eigenvalue weighted by Gasteiger charge is 2.44. The summed E-state index contributed by atoms with van der Waals surface area (Å²) in [7, 11) is 0. The van der Waals surface area contributed by atoms with E-state index in [1.165, 1.54) is 12.1 Å². The Morgan fingerprint density at radius 1 is 1.36 bits per heavy atom. The van der Waals surface area contributed by atoms with E-state index in [-0.39, 0.29) is 11.2 Å². The lowest BCUT2D eigenvalue weighted by atomic mass is 9.96.